The minimum atomic E-state index is 0.188. The van der Waals surface area contributed by atoms with Crippen LogP contribution in [0, 0.1) is 6.92 Å². The van der Waals surface area contributed by atoms with Crippen molar-refractivity contribution in [2.45, 2.75) is 26.3 Å². The Hall–Kier alpha value is -2.93. The van der Waals surface area contributed by atoms with Gasteiger partial charge in [-0.25, -0.2) is 4.98 Å². The van der Waals surface area contributed by atoms with Crippen LogP contribution < -0.4 is 0 Å². The summed E-state index contributed by atoms with van der Waals surface area (Å²) in [6, 6.07) is 12.2. The number of aromatic nitrogens is 3. The Balaban J connectivity index is 1.24. The number of aromatic amines is 1. The lowest BCUT2D eigenvalue weighted by Crippen LogP contribution is -2.48. The van der Waals surface area contributed by atoms with Gasteiger partial charge in [0.25, 0.3) is 0 Å². The second kappa shape index (κ2) is 8.39. The van der Waals surface area contributed by atoms with Crippen LogP contribution in [0.25, 0.3) is 11.3 Å². The molecular formula is C21H25N5O2. The molecule has 146 valence electrons. The Bertz CT molecular complexity index is 893. The van der Waals surface area contributed by atoms with Crippen molar-refractivity contribution in [3.05, 3.63) is 59.9 Å². The van der Waals surface area contributed by atoms with Crippen molar-refractivity contribution in [1.29, 1.82) is 0 Å². The average Bonchev–Trinajstić information content (AvgIpc) is 3.39. The van der Waals surface area contributed by atoms with Gasteiger partial charge in [0.05, 0.1) is 6.54 Å². The lowest BCUT2D eigenvalue weighted by molar-refractivity contribution is -0.133. The number of furan rings is 1. The summed E-state index contributed by atoms with van der Waals surface area (Å²) >= 11 is 0. The van der Waals surface area contributed by atoms with Gasteiger partial charge in [-0.3, -0.25) is 14.8 Å². The topological polar surface area (TPSA) is 78.3 Å². The predicted octanol–water partition coefficient (Wildman–Crippen LogP) is 2.65. The fourth-order valence-electron chi connectivity index (χ4n) is 3.45. The molecule has 0 saturated carbocycles. The van der Waals surface area contributed by atoms with E-state index in [0.717, 1.165) is 55.6 Å². The molecule has 3 aromatic rings. The third-order valence-corrected chi connectivity index (χ3v) is 5.15. The number of nitrogens with zero attached hydrogens (tertiary/aromatic N) is 4. The summed E-state index contributed by atoms with van der Waals surface area (Å²) in [6.07, 6.45) is 2.62. The first kappa shape index (κ1) is 18.4. The molecule has 0 unspecified atom stereocenters. The van der Waals surface area contributed by atoms with Crippen molar-refractivity contribution < 1.29 is 9.21 Å². The third-order valence-electron chi connectivity index (χ3n) is 5.15. The van der Waals surface area contributed by atoms with Crippen molar-refractivity contribution in [3.63, 3.8) is 0 Å². The third kappa shape index (κ3) is 4.48. The van der Waals surface area contributed by atoms with Gasteiger partial charge in [0.15, 0.2) is 0 Å². The number of benzene rings is 1. The average molecular weight is 379 g/mol. The van der Waals surface area contributed by atoms with Gasteiger partial charge in [-0.1, -0.05) is 29.8 Å². The van der Waals surface area contributed by atoms with Crippen molar-refractivity contribution in [2.75, 3.05) is 26.2 Å². The van der Waals surface area contributed by atoms with E-state index in [2.05, 4.69) is 51.3 Å². The largest absolute Gasteiger partial charge is 0.461 e. The number of carbonyl (C=O) groups excluding carboxylic acids is 1. The highest BCUT2D eigenvalue weighted by Crippen LogP contribution is 2.23. The normalized spacial score (nSPS) is 15.1. The van der Waals surface area contributed by atoms with Crippen LogP contribution in [-0.4, -0.2) is 57.1 Å². The monoisotopic (exact) mass is 379 g/mol. The smallest absolute Gasteiger partial charge is 0.223 e. The van der Waals surface area contributed by atoms with Crippen LogP contribution in [0.3, 0.4) is 0 Å². The molecule has 0 atom stereocenters. The number of aryl methyl sites for hydroxylation is 2. The van der Waals surface area contributed by atoms with Gasteiger partial charge < -0.3 is 9.32 Å². The lowest BCUT2D eigenvalue weighted by Gasteiger charge is -2.34. The molecule has 1 aromatic carbocycles. The number of rotatable bonds is 6. The van der Waals surface area contributed by atoms with Gasteiger partial charge in [0.2, 0.25) is 5.91 Å². The van der Waals surface area contributed by atoms with Gasteiger partial charge in [0, 0.05) is 44.6 Å². The molecule has 0 bridgehead atoms. The Labute approximate surface area is 164 Å². The summed E-state index contributed by atoms with van der Waals surface area (Å²) in [7, 11) is 0. The summed E-state index contributed by atoms with van der Waals surface area (Å²) in [5, 5.41) is 6.75. The van der Waals surface area contributed by atoms with Gasteiger partial charge in [-0.15, -0.1) is 0 Å². The molecular weight excluding hydrogens is 354 g/mol. The Morgan fingerprint density at radius 2 is 1.89 bits per heavy atom. The summed E-state index contributed by atoms with van der Waals surface area (Å²) in [4.78, 5) is 20.9. The Morgan fingerprint density at radius 1 is 1.11 bits per heavy atom. The Morgan fingerprint density at radius 3 is 2.61 bits per heavy atom. The fourth-order valence-corrected chi connectivity index (χ4v) is 3.45. The maximum Gasteiger partial charge on any atom is 0.223 e. The van der Waals surface area contributed by atoms with E-state index < -0.39 is 0 Å². The van der Waals surface area contributed by atoms with Crippen LogP contribution in [0.2, 0.25) is 0 Å². The number of carbonyl (C=O) groups is 1. The number of nitrogens with one attached hydrogen (secondary N) is 1. The SMILES string of the molecule is Cc1ccc(-c2ccc(CCC(=O)N3CCN(Cc4ncn[nH]4)CC3)o2)cc1. The molecule has 3 heterocycles. The molecule has 4 rings (SSSR count). The summed E-state index contributed by atoms with van der Waals surface area (Å²) in [5.74, 6) is 2.76. The highest BCUT2D eigenvalue weighted by molar-refractivity contribution is 5.76. The number of amides is 1. The number of piperazine rings is 1. The van der Waals surface area contributed by atoms with Crippen LogP contribution in [-0.2, 0) is 17.8 Å². The summed E-state index contributed by atoms with van der Waals surface area (Å²) in [5.41, 5.74) is 2.29. The molecule has 7 nitrogen and oxygen atoms in total. The van der Waals surface area contributed by atoms with Gasteiger partial charge in [-0.2, -0.15) is 5.10 Å². The molecule has 1 fully saturated rings. The minimum Gasteiger partial charge on any atom is -0.461 e. The second-order valence-corrected chi connectivity index (χ2v) is 7.22. The number of hydrogen-bond acceptors (Lipinski definition) is 5. The van der Waals surface area contributed by atoms with Gasteiger partial charge >= 0.3 is 0 Å². The zero-order chi connectivity index (χ0) is 19.3. The van der Waals surface area contributed by atoms with E-state index in [0.29, 0.717) is 12.8 Å². The van der Waals surface area contributed by atoms with Crippen LogP contribution in [0.4, 0.5) is 0 Å². The summed E-state index contributed by atoms with van der Waals surface area (Å²) in [6.45, 7) is 6.02. The molecule has 0 spiro atoms. The Kier molecular flexibility index (Phi) is 5.53. The molecule has 28 heavy (non-hydrogen) atoms. The first-order valence-corrected chi connectivity index (χ1v) is 9.67. The van der Waals surface area contributed by atoms with Crippen molar-refractivity contribution in [2.24, 2.45) is 0 Å². The first-order chi connectivity index (χ1) is 13.7. The standard InChI is InChI=1S/C21H25N5O2/c1-16-2-4-17(5-3-16)19-8-6-18(28-19)7-9-21(27)26-12-10-25(11-13-26)14-20-22-15-23-24-20/h2-6,8,15H,7,9-14H2,1H3,(H,22,23,24). The fraction of sp³-hybridized carbons (Fsp3) is 0.381. The molecule has 0 radical (unpaired) electrons. The van der Waals surface area contributed by atoms with Crippen LogP contribution >= 0.6 is 0 Å². The van der Waals surface area contributed by atoms with Crippen molar-refractivity contribution >= 4 is 5.91 Å². The molecule has 1 saturated heterocycles. The minimum absolute atomic E-state index is 0.188. The molecule has 1 amide bonds. The first-order valence-electron chi connectivity index (χ1n) is 9.67. The zero-order valence-electron chi connectivity index (χ0n) is 16.1. The van der Waals surface area contributed by atoms with Gasteiger partial charge in [0.1, 0.15) is 23.7 Å². The maximum atomic E-state index is 12.5. The highest BCUT2D eigenvalue weighted by Gasteiger charge is 2.21. The quantitative estimate of drug-likeness (QED) is 0.712. The van der Waals surface area contributed by atoms with Gasteiger partial charge in [-0.05, 0) is 19.1 Å². The van der Waals surface area contributed by atoms with E-state index >= 15 is 0 Å². The van der Waals surface area contributed by atoms with E-state index in [4.69, 9.17) is 4.42 Å². The van der Waals surface area contributed by atoms with Crippen LogP contribution in [0.1, 0.15) is 23.6 Å². The maximum absolute atomic E-state index is 12.5. The van der Waals surface area contributed by atoms with Crippen molar-refractivity contribution in [1.82, 2.24) is 25.0 Å². The van der Waals surface area contributed by atoms with E-state index in [1.165, 1.54) is 11.9 Å². The van der Waals surface area contributed by atoms with Crippen molar-refractivity contribution in [3.8, 4) is 11.3 Å². The van der Waals surface area contributed by atoms with Crippen LogP contribution in [0.5, 0.6) is 0 Å². The summed E-state index contributed by atoms with van der Waals surface area (Å²) < 4.78 is 5.93. The van der Waals surface area contributed by atoms with E-state index in [1.807, 2.05) is 17.0 Å². The number of hydrogen-bond donors (Lipinski definition) is 1. The molecule has 1 aliphatic heterocycles. The highest BCUT2D eigenvalue weighted by atomic mass is 16.3. The molecule has 1 aliphatic rings. The molecule has 2 aromatic heterocycles. The van der Waals surface area contributed by atoms with Crippen LogP contribution in [0.15, 0.2) is 47.1 Å². The number of H-pyrrole nitrogens is 1. The predicted molar refractivity (Wildman–Crippen MR) is 105 cm³/mol. The lowest BCUT2D eigenvalue weighted by atomic mass is 10.1. The molecule has 1 N–H and O–H groups in total. The van der Waals surface area contributed by atoms with E-state index in [-0.39, 0.29) is 5.91 Å². The zero-order valence-corrected chi connectivity index (χ0v) is 16.1. The van der Waals surface area contributed by atoms with E-state index in [1.54, 1.807) is 0 Å². The second-order valence-electron chi connectivity index (χ2n) is 7.22. The molecule has 0 aliphatic carbocycles. The van der Waals surface area contributed by atoms with E-state index in [9.17, 15) is 4.79 Å². The molecule has 7 heteroatoms.